The molecule has 1 unspecified atom stereocenters. The monoisotopic (exact) mass is 331 g/mol. The molecule has 0 aliphatic carbocycles. The molecule has 0 fully saturated rings. The van der Waals surface area contributed by atoms with Crippen molar-refractivity contribution >= 4 is 22.6 Å². The fraction of sp³-hybridized carbons (Fsp3) is 0.571. The van der Waals surface area contributed by atoms with E-state index in [1.807, 2.05) is 0 Å². The first-order valence-electron chi connectivity index (χ1n) is 6.03. The van der Waals surface area contributed by atoms with Crippen molar-refractivity contribution < 1.29 is 0 Å². The van der Waals surface area contributed by atoms with Crippen LogP contribution in [-0.4, -0.2) is 0 Å². The highest BCUT2D eigenvalue weighted by molar-refractivity contribution is 14.1. The summed E-state index contributed by atoms with van der Waals surface area (Å²) in [6.07, 6.45) is 3.59. The van der Waals surface area contributed by atoms with Crippen molar-refractivity contribution in [2.24, 2.45) is 11.7 Å². The van der Waals surface area contributed by atoms with E-state index in [4.69, 9.17) is 5.73 Å². The number of rotatable bonds is 5. The number of halogens is 1. The topological polar surface area (TPSA) is 26.0 Å². The third-order valence-corrected chi connectivity index (χ3v) is 4.39. The van der Waals surface area contributed by atoms with Crippen LogP contribution in [0.3, 0.4) is 0 Å². The minimum atomic E-state index is 0.200. The Morgan fingerprint density at radius 2 is 1.94 bits per heavy atom. The lowest BCUT2D eigenvalue weighted by atomic mass is 9.98. The van der Waals surface area contributed by atoms with Gasteiger partial charge in [0.05, 0.1) is 0 Å². The molecule has 0 radical (unpaired) electrons. The molecule has 0 aliphatic rings. The van der Waals surface area contributed by atoms with Crippen LogP contribution in [0.5, 0.6) is 0 Å². The number of hydrogen-bond acceptors (Lipinski definition) is 1. The van der Waals surface area contributed by atoms with E-state index >= 15 is 0 Å². The van der Waals surface area contributed by atoms with Gasteiger partial charge in [-0.05, 0) is 53.0 Å². The predicted octanol–water partition coefficient (Wildman–Crippen LogP) is 4.43. The first-order chi connectivity index (χ1) is 7.52. The molecule has 0 aliphatic heterocycles. The van der Waals surface area contributed by atoms with E-state index < -0.39 is 0 Å². The summed E-state index contributed by atoms with van der Waals surface area (Å²) in [6.45, 7) is 6.68. The normalized spacial score (nSPS) is 13.1. The summed E-state index contributed by atoms with van der Waals surface area (Å²) in [6, 6.07) is 6.61. The molecule has 0 heterocycles. The first-order valence-corrected chi connectivity index (χ1v) is 7.10. The molecule has 1 rings (SSSR count). The zero-order valence-corrected chi connectivity index (χ0v) is 12.6. The van der Waals surface area contributed by atoms with E-state index in [1.54, 1.807) is 0 Å². The van der Waals surface area contributed by atoms with Crippen molar-refractivity contribution in [1.29, 1.82) is 0 Å². The molecule has 1 aromatic rings. The second-order valence-electron chi connectivity index (χ2n) is 4.91. The maximum atomic E-state index is 6.25. The molecule has 90 valence electrons. The lowest BCUT2D eigenvalue weighted by molar-refractivity contribution is 0.505. The van der Waals surface area contributed by atoms with Crippen molar-refractivity contribution in [1.82, 2.24) is 0 Å². The van der Waals surface area contributed by atoms with E-state index in [0.717, 1.165) is 12.3 Å². The van der Waals surface area contributed by atoms with Gasteiger partial charge in [-0.2, -0.15) is 0 Å². The summed E-state index contributed by atoms with van der Waals surface area (Å²) >= 11 is 2.41. The number of aryl methyl sites for hydroxylation is 1. The molecule has 1 nitrogen and oxygen atoms in total. The van der Waals surface area contributed by atoms with Gasteiger partial charge in [0, 0.05) is 9.61 Å². The SMILES string of the molecule is Cc1cccc(C(N)CCCC(C)C)c1I. The molecule has 0 spiro atoms. The van der Waals surface area contributed by atoms with Gasteiger partial charge in [0.1, 0.15) is 0 Å². The molecule has 1 aromatic carbocycles. The van der Waals surface area contributed by atoms with Crippen molar-refractivity contribution in [2.75, 3.05) is 0 Å². The molecular formula is C14H22IN. The quantitative estimate of drug-likeness (QED) is 0.794. The van der Waals surface area contributed by atoms with Crippen LogP contribution in [0.4, 0.5) is 0 Å². The van der Waals surface area contributed by atoms with Crippen LogP contribution in [0.2, 0.25) is 0 Å². The van der Waals surface area contributed by atoms with Crippen LogP contribution in [-0.2, 0) is 0 Å². The smallest absolute Gasteiger partial charge is 0.0305 e. The van der Waals surface area contributed by atoms with Gasteiger partial charge < -0.3 is 5.73 Å². The second kappa shape index (κ2) is 6.60. The Hall–Kier alpha value is -0.0900. The van der Waals surface area contributed by atoms with Crippen LogP contribution in [0, 0.1) is 16.4 Å². The Bertz CT molecular complexity index is 334. The third-order valence-electron chi connectivity index (χ3n) is 2.92. The Morgan fingerprint density at radius 3 is 2.56 bits per heavy atom. The lowest BCUT2D eigenvalue weighted by Gasteiger charge is -2.15. The number of nitrogens with two attached hydrogens (primary N) is 1. The van der Waals surface area contributed by atoms with E-state index in [0.29, 0.717) is 0 Å². The second-order valence-corrected chi connectivity index (χ2v) is 5.99. The zero-order chi connectivity index (χ0) is 12.1. The standard InChI is InChI=1S/C14H22IN/c1-10(2)6-4-9-13(16)12-8-5-7-11(3)14(12)15/h5,7-8,10,13H,4,6,9,16H2,1-3H3. The van der Waals surface area contributed by atoms with Crippen molar-refractivity contribution in [3.8, 4) is 0 Å². The number of benzene rings is 1. The molecule has 2 heteroatoms. The maximum Gasteiger partial charge on any atom is 0.0305 e. The highest BCUT2D eigenvalue weighted by Gasteiger charge is 2.10. The van der Waals surface area contributed by atoms with Crippen LogP contribution in [0.1, 0.15) is 50.3 Å². The molecular weight excluding hydrogens is 309 g/mol. The largest absolute Gasteiger partial charge is 0.324 e. The van der Waals surface area contributed by atoms with E-state index in [2.05, 4.69) is 61.6 Å². The number of hydrogen-bond donors (Lipinski definition) is 1. The molecule has 0 amide bonds. The zero-order valence-electron chi connectivity index (χ0n) is 10.5. The van der Waals surface area contributed by atoms with E-state index in [1.165, 1.54) is 27.5 Å². The van der Waals surface area contributed by atoms with E-state index in [9.17, 15) is 0 Å². The molecule has 0 saturated carbocycles. The van der Waals surface area contributed by atoms with Gasteiger partial charge in [-0.1, -0.05) is 44.9 Å². The molecule has 0 aromatic heterocycles. The first kappa shape index (κ1) is 14.0. The summed E-state index contributed by atoms with van der Waals surface area (Å²) in [7, 11) is 0. The van der Waals surface area contributed by atoms with Gasteiger partial charge in [0.15, 0.2) is 0 Å². The van der Waals surface area contributed by atoms with Gasteiger partial charge >= 0.3 is 0 Å². The minimum absolute atomic E-state index is 0.200. The van der Waals surface area contributed by atoms with E-state index in [-0.39, 0.29) is 6.04 Å². The Kier molecular flexibility index (Phi) is 5.76. The molecule has 0 bridgehead atoms. The van der Waals surface area contributed by atoms with Gasteiger partial charge in [0.25, 0.3) is 0 Å². The molecule has 1 atom stereocenters. The van der Waals surface area contributed by atoms with Crippen LogP contribution in [0.25, 0.3) is 0 Å². The minimum Gasteiger partial charge on any atom is -0.324 e. The predicted molar refractivity (Wildman–Crippen MR) is 79.5 cm³/mol. The average Bonchev–Trinajstić information content (AvgIpc) is 2.21. The summed E-state index contributed by atoms with van der Waals surface area (Å²) in [5, 5.41) is 0. The highest BCUT2D eigenvalue weighted by Crippen LogP contribution is 2.25. The molecule has 2 N–H and O–H groups in total. The lowest BCUT2D eigenvalue weighted by Crippen LogP contribution is -2.12. The van der Waals surface area contributed by atoms with Crippen LogP contribution < -0.4 is 5.73 Å². The Morgan fingerprint density at radius 1 is 1.25 bits per heavy atom. The summed E-state index contributed by atoms with van der Waals surface area (Å²) in [5.74, 6) is 0.781. The van der Waals surface area contributed by atoms with Gasteiger partial charge in [-0.3, -0.25) is 0 Å². The third kappa shape index (κ3) is 4.06. The summed E-state index contributed by atoms with van der Waals surface area (Å²) < 4.78 is 1.33. The van der Waals surface area contributed by atoms with Gasteiger partial charge in [0.2, 0.25) is 0 Å². The maximum absolute atomic E-state index is 6.25. The highest BCUT2D eigenvalue weighted by atomic mass is 127. The molecule has 0 saturated heterocycles. The fourth-order valence-electron chi connectivity index (χ4n) is 1.86. The van der Waals surface area contributed by atoms with Crippen molar-refractivity contribution in [3.63, 3.8) is 0 Å². The molecule has 16 heavy (non-hydrogen) atoms. The Balaban J connectivity index is 2.59. The fourth-order valence-corrected chi connectivity index (χ4v) is 2.62. The summed E-state index contributed by atoms with van der Waals surface area (Å²) in [5.41, 5.74) is 8.89. The van der Waals surface area contributed by atoms with Crippen molar-refractivity contribution in [3.05, 3.63) is 32.9 Å². The average molecular weight is 331 g/mol. The summed E-state index contributed by atoms with van der Waals surface area (Å²) in [4.78, 5) is 0. The van der Waals surface area contributed by atoms with Crippen LogP contribution in [0.15, 0.2) is 18.2 Å². The Labute approximate surface area is 113 Å². The van der Waals surface area contributed by atoms with Crippen LogP contribution >= 0.6 is 22.6 Å². The van der Waals surface area contributed by atoms with Gasteiger partial charge in [-0.25, -0.2) is 0 Å². The van der Waals surface area contributed by atoms with Crippen molar-refractivity contribution in [2.45, 2.75) is 46.1 Å². The van der Waals surface area contributed by atoms with Gasteiger partial charge in [-0.15, -0.1) is 0 Å².